The Morgan fingerprint density at radius 2 is 1.43 bits per heavy atom. The number of hydrogen-bond acceptors (Lipinski definition) is 1. The van der Waals surface area contributed by atoms with Gasteiger partial charge in [-0.2, -0.15) is 11.8 Å². The fourth-order valence-corrected chi connectivity index (χ4v) is 8.89. The fourth-order valence-electron chi connectivity index (χ4n) is 6.54. The fraction of sp³-hybridized carbons (Fsp3) is 0.655. The number of rotatable bonds is 1. The first-order chi connectivity index (χ1) is 14.9. The van der Waals surface area contributed by atoms with E-state index in [1.807, 2.05) is 0 Å². The Balaban J connectivity index is 0.000000593. The second kappa shape index (κ2) is 15.1. The summed E-state index contributed by atoms with van der Waals surface area (Å²) in [5.41, 5.74) is -0.315. The topological polar surface area (TPSA) is 25.5 Å². The van der Waals surface area contributed by atoms with E-state index in [-0.39, 0.29) is 55.4 Å². The average Bonchev–Trinajstić information content (AvgIpc) is 3.26. The molecule has 2 nitrogen and oxygen atoms in total. The van der Waals surface area contributed by atoms with Crippen molar-refractivity contribution in [3.05, 3.63) is 63.1 Å². The van der Waals surface area contributed by atoms with Crippen LogP contribution in [0.2, 0.25) is 0 Å². The van der Waals surface area contributed by atoms with Gasteiger partial charge in [-0.15, -0.1) is 0 Å². The van der Waals surface area contributed by atoms with Gasteiger partial charge < -0.3 is 32.6 Å². The summed E-state index contributed by atoms with van der Waals surface area (Å²) in [4.78, 5) is 1.63. The molecule has 4 fully saturated rings. The molecule has 0 aromatic heterocycles. The summed E-state index contributed by atoms with van der Waals surface area (Å²) in [5.74, 6) is 3.38. The molecule has 0 spiro atoms. The van der Waals surface area contributed by atoms with Gasteiger partial charge in [-0.1, -0.05) is 64.8 Å². The van der Waals surface area contributed by atoms with Crippen molar-refractivity contribution in [1.29, 1.82) is 0 Å². The molecule has 0 amide bonds. The second-order valence-corrected chi connectivity index (χ2v) is 11.6. The monoisotopic (exact) mass is 540 g/mol. The van der Waals surface area contributed by atoms with Crippen LogP contribution in [0, 0.1) is 63.5 Å². The first-order valence-electron chi connectivity index (χ1n) is 12.3. The summed E-state index contributed by atoms with van der Waals surface area (Å²) in [7, 11) is 0. The smallest absolute Gasteiger partial charge is 0.468 e. The number of thioether (sulfide) groups is 1. The molecule has 2 saturated heterocycles. The third kappa shape index (κ3) is 7.14. The van der Waals surface area contributed by atoms with E-state index in [0.717, 1.165) is 71.5 Å². The van der Waals surface area contributed by atoms with Crippen LogP contribution in [-0.2, 0) is 21.7 Å². The number of benzene rings is 1. The Bertz CT molecular complexity index is 764. The van der Waals surface area contributed by atoms with Crippen LogP contribution in [0.1, 0.15) is 71.3 Å². The minimum absolute atomic E-state index is 0. The van der Waals surface area contributed by atoms with Gasteiger partial charge in [0.2, 0.25) is 0 Å². The molecule has 7 unspecified atom stereocenters. The number of halogens is 2. The van der Waals surface area contributed by atoms with Crippen LogP contribution >= 0.6 is 11.8 Å². The molecule has 2 saturated carbocycles. The molecular formula is C29H46F2N2STi. The number of fused-ring (bicyclic) bond motifs is 3. The number of piperidine rings is 1. The normalized spacial score (nSPS) is 32.7. The molecule has 7 atom stereocenters. The summed E-state index contributed by atoms with van der Waals surface area (Å²) < 4.78 is 26.8. The number of likely N-dealkylation sites (tertiary alicyclic amines) is 1. The maximum Gasteiger partial charge on any atom is 4.00 e. The van der Waals surface area contributed by atoms with Crippen LogP contribution < -0.4 is 0 Å². The van der Waals surface area contributed by atoms with Gasteiger partial charge in [0.1, 0.15) is 11.6 Å². The quantitative estimate of drug-likeness (QED) is 0.155. The van der Waals surface area contributed by atoms with Gasteiger partial charge in [0, 0.05) is 16.1 Å². The minimum atomic E-state index is -0.719. The van der Waals surface area contributed by atoms with Gasteiger partial charge in [-0.25, -0.2) is 8.78 Å². The van der Waals surface area contributed by atoms with E-state index in [4.69, 9.17) is 0 Å². The Hall–Kier alpha value is -0.386. The first-order valence-corrected chi connectivity index (χ1v) is 13.2. The first kappa shape index (κ1) is 34.6. The van der Waals surface area contributed by atoms with Crippen LogP contribution in [0.15, 0.2) is 18.2 Å². The third-order valence-electron chi connectivity index (χ3n) is 8.59. The largest absolute Gasteiger partial charge is 4.00 e. The molecule has 1 aromatic rings. The molecule has 196 valence electrons. The van der Waals surface area contributed by atoms with Gasteiger partial charge in [-0.05, 0) is 67.7 Å². The van der Waals surface area contributed by atoms with Gasteiger partial charge in [-0.3, -0.25) is 0 Å². The van der Waals surface area contributed by atoms with Crippen LogP contribution in [0.3, 0.4) is 0 Å². The van der Waals surface area contributed by atoms with Crippen molar-refractivity contribution in [2.24, 2.45) is 29.6 Å². The van der Waals surface area contributed by atoms with Crippen LogP contribution in [0.25, 0.3) is 5.41 Å². The Morgan fingerprint density at radius 3 is 2.03 bits per heavy atom. The van der Waals surface area contributed by atoms with Gasteiger partial charge in [0.05, 0.1) is 0 Å². The van der Waals surface area contributed by atoms with Crippen LogP contribution in [-0.4, -0.2) is 34.3 Å². The summed E-state index contributed by atoms with van der Waals surface area (Å²) in [5, 5.41) is 11.9. The summed E-state index contributed by atoms with van der Waals surface area (Å²) >= 11 is 2.38. The third-order valence-corrected chi connectivity index (χ3v) is 10.6. The predicted octanol–water partition coefficient (Wildman–Crippen LogP) is 8.31. The van der Waals surface area contributed by atoms with Gasteiger partial charge >= 0.3 is 21.7 Å². The molecular weight excluding hydrogens is 494 g/mol. The molecule has 5 rings (SSSR count). The number of amidine groups is 1. The predicted molar refractivity (Wildman–Crippen MR) is 147 cm³/mol. The maximum absolute atomic E-state index is 13.4. The zero-order chi connectivity index (χ0) is 22.1. The number of nitrogens with zero attached hydrogens (tertiary/aromatic N) is 2. The average molecular weight is 541 g/mol. The van der Waals surface area contributed by atoms with Crippen molar-refractivity contribution in [3.63, 3.8) is 0 Å². The summed E-state index contributed by atoms with van der Waals surface area (Å²) in [6.07, 6.45) is 9.08. The molecule has 1 aromatic carbocycles. The van der Waals surface area contributed by atoms with Crippen molar-refractivity contribution in [2.45, 2.75) is 76.2 Å². The summed E-state index contributed by atoms with van der Waals surface area (Å²) in [6.45, 7) is 8.84. The van der Waals surface area contributed by atoms with E-state index in [2.05, 4.69) is 32.5 Å². The van der Waals surface area contributed by atoms with Crippen LogP contribution in [0.5, 0.6) is 0 Å². The molecule has 2 aliphatic heterocycles. The zero-order valence-corrected chi connectivity index (χ0v) is 25.1. The van der Waals surface area contributed by atoms with E-state index >= 15 is 0 Å². The van der Waals surface area contributed by atoms with E-state index < -0.39 is 11.6 Å². The Morgan fingerprint density at radius 1 is 0.857 bits per heavy atom. The standard InChI is InChI=1S/C14H24S.C12H13F2N2.3CH3.Ti/c1-8-9(2)13-11-6-4-5-7-12(11)15-14(13)10(8)3;13-9-5-4-6-10(14)11(9)12(15)16-7-2-1-3-8-16;;;;/h8-14H,4-7H2,1-3H3;4-6H,1-3,7-8H2;3*1H3;/q;4*-1;+4. The Labute approximate surface area is 234 Å². The summed E-state index contributed by atoms with van der Waals surface area (Å²) in [6, 6.07) is 3.59. The number of hydrogen-bond donors (Lipinski definition) is 0. The van der Waals surface area contributed by atoms with E-state index in [9.17, 15) is 14.2 Å². The molecule has 35 heavy (non-hydrogen) atoms. The van der Waals surface area contributed by atoms with Gasteiger partial charge in [0.15, 0.2) is 0 Å². The minimum Gasteiger partial charge on any atom is -0.468 e. The van der Waals surface area contributed by atoms with E-state index in [1.54, 1.807) is 11.3 Å². The molecule has 4 aliphatic rings. The Kier molecular flexibility index (Phi) is 15.0. The zero-order valence-electron chi connectivity index (χ0n) is 22.7. The molecule has 0 radical (unpaired) electrons. The van der Waals surface area contributed by atoms with Crippen molar-refractivity contribution in [3.8, 4) is 0 Å². The van der Waals surface area contributed by atoms with Crippen molar-refractivity contribution < 1.29 is 30.5 Å². The second-order valence-electron chi connectivity index (χ2n) is 10.2. The molecule has 2 aliphatic carbocycles. The van der Waals surface area contributed by atoms with Crippen molar-refractivity contribution in [1.82, 2.24) is 4.90 Å². The molecule has 0 bridgehead atoms. The van der Waals surface area contributed by atoms with E-state index in [1.165, 1.54) is 25.3 Å². The van der Waals surface area contributed by atoms with Gasteiger partial charge in [0.25, 0.3) is 0 Å². The van der Waals surface area contributed by atoms with E-state index in [0.29, 0.717) is 13.1 Å². The maximum atomic E-state index is 13.4. The molecule has 2 heterocycles. The van der Waals surface area contributed by atoms with Crippen molar-refractivity contribution >= 4 is 17.6 Å². The van der Waals surface area contributed by atoms with Crippen LogP contribution in [0.4, 0.5) is 8.78 Å². The molecule has 0 N–H and O–H groups in total. The SMILES string of the molecule is CC1C(C)C2SC3CCCCC3C2C1C.[CH3-].[CH3-].[CH3-].[N-]=C(c1c(F)cccc1F)N1CCCCC1.[Ti+4]. The van der Waals surface area contributed by atoms with Crippen molar-refractivity contribution in [2.75, 3.05) is 13.1 Å². The molecule has 6 heteroatoms.